The van der Waals surface area contributed by atoms with Gasteiger partial charge in [-0.05, 0) is 51.7 Å². The van der Waals surface area contributed by atoms with Gasteiger partial charge in [-0.2, -0.15) is 0 Å². The first kappa shape index (κ1) is 23.0. The van der Waals surface area contributed by atoms with E-state index in [4.69, 9.17) is 0 Å². The second-order valence-electron chi connectivity index (χ2n) is 9.04. The predicted octanol–water partition coefficient (Wildman–Crippen LogP) is 4.80. The van der Waals surface area contributed by atoms with Gasteiger partial charge in [0.15, 0.2) is 0 Å². The monoisotopic (exact) mass is 517 g/mol. The fraction of sp³-hybridized carbons (Fsp3) is 0.286. The van der Waals surface area contributed by atoms with Gasteiger partial charge >= 0.3 is 0 Å². The van der Waals surface area contributed by atoms with Crippen molar-refractivity contribution in [1.29, 1.82) is 0 Å². The molecule has 0 bridgehead atoms. The van der Waals surface area contributed by atoms with Gasteiger partial charge in [-0.3, -0.25) is 19.4 Å². The molecule has 2 heterocycles. The van der Waals surface area contributed by atoms with Crippen LogP contribution in [0.15, 0.2) is 83.3 Å². The molecule has 6 heteroatoms. The summed E-state index contributed by atoms with van der Waals surface area (Å²) in [5.74, 6) is -0.251. The Balaban J connectivity index is 1.32. The Kier molecular flexibility index (Phi) is 6.63. The van der Waals surface area contributed by atoms with E-state index >= 15 is 0 Å². The number of amides is 2. The predicted molar refractivity (Wildman–Crippen MR) is 138 cm³/mol. The Hall–Kier alpha value is -2.80. The summed E-state index contributed by atoms with van der Waals surface area (Å²) in [7, 11) is 0. The number of hydrogen-bond donors (Lipinski definition) is 0. The SMILES string of the molecule is Cc1ccc(N2C(=O)C[C@@H](N3CCN(C(c4ccccc4)c4ccccc4)CC3)C2=O)c(Br)c1. The minimum absolute atomic E-state index is 0.120. The molecular formula is C28H28BrN3O2. The minimum atomic E-state index is -0.394. The number of aryl methyl sites for hydroxylation is 1. The third-order valence-corrected chi connectivity index (χ3v) is 7.49. The molecule has 0 unspecified atom stereocenters. The molecule has 5 rings (SSSR count). The molecule has 5 nitrogen and oxygen atoms in total. The van der Waals surface area contributed by atoms with E-state index < -0.39 is 6.04 Å². The molecule has 0 saturated carbocycles. The highest BCUT2D eigenvalue weighted by molar-refractivity contribution is 9.10. The highest BCUT2D eigenvalue weighted by Gasteiger charge is 2.44. The number of hydrogen-bond acceptors (Lipinski definition) is 4. The van der Waals surface area contributed by atoms with Crippen molar-refractivity contribution in [3.8, 4) is 0 Å². The minimum Gasteiger partial charge on any atom is -0.290 e. The molecule has 2 fully saturated rings. The largest absolute Gasteiger partial charge is 0.290 e. The van der Waals surface area contributed by atoms with Crippen molar-refractivity contribution >= 4 is 33.4 Å². The van der Waals surface area contributed by atoms with E-state index in [0.717, 1.165) is 36.2 Å². The molecule has 0 radical (unpaired) electrons. The fourth-order valence-electron chi connectivity index (χ4n) is 5.14. The van der Waals surface area contributed by atoms with E-state index in [1.807, 2.05) is 37.3 Å². The van der Waals surface area contributed by atoms with E-state index in [9.17, 15) is 9.59 Å². The lowest BCUT2D eigenvalue weighted by Gasteiger charge is -2.41. The van der Waals surface area contributed by atoms with Crippen LogP contribution in [0.25, 0.3) is 0 Å². The van der Waals surface area contributed by atoms with Gasteiger partial charge in [0.2, 0.25) is 5.91 Å². The summed E-state index contributed by atoms with van der Waals surface area (Å²) in [6.45, 7) is 5.16. The van der Waals surface area contributed by atoms with Crippen LogP contribution >= 0.6 is 15.9 Å². The smallest absolute Gasteiger partial charge is 0.251 e. The molecule has 2 aliphatic heterocycles. The number of carbonyl (C=O) groups excluding carboxylic acids is 2. The molecule has 0 N–H and O–H groups in total. The summed E-state index contributed by atoms with van der Waals surface area (Å²) in [6, 6.07) is 26.7. The zero-order valence-electron chi connectivity index (χ0n) is 19.2. The zero-order chi connectivity index (χ0) is 23.7. The molecule has 3 aromatic carbocycles. The number of halogens is 1. The van der Waals surface area contributed by atoms with Crippen molar-refractivity contribution in [3.63, 3.8) is 0 Å². The van der Waals surface area contributed by atoms with Crippen molar-refractivity contribution < 1.29 is 9.59 Å². The number of carbonyl (C=O) groups is 2. The maximum absolute atomic E-state index is 13.3. The number of benzene rings is 3. The summed E-state index contributed by atoms with van der Waals surface area (Å²) in [5.41, 5.74) is 4.25. The van der Waals surface area contributed by atoms with Crippen molar-refractivity contribution in [2.24, 2.45) is 0 Å². The first-order valence-electron chi connectivity index (χ1n) is 11.7. The molecule has 174 valence electrons. The highest BCUT2D eigenvalue weighted by atomic mass is 79.9. The van der Waals surface area contributed by atoms with Gasteiger partial charge in [0.1, 0.15) is 0 Å². The zero-order valence-corrected chi connectivity index (χ0v) is 20.8. The van der Waals surface area contributed by atoms with Crippen LogP contribution in [0.5, 0.6) is 0 Å². The van der Waals surface area contributed by atoms with Crippen LogP contribution in [0.4, 0.5) is 5.69 Å². The third-order valence-electron chi connectivity index (χ3n) is 6.85. The third kappa shape index (κ3) is 4.45. The molecule has 2 aliphatic rings. The number of anilines is 1. The first-order chi connectivity index (χ1) is 16.5. The Labute approximate surface area is 209 Å². The number of imide groups is 1. The van der Waals surface area contributed by atoms with Crippen LogP contribution in [0.3, 0.4) is 0 Å². The van der Waals surface area contributed by atoms with Crippen molar-refractivity contribution in [1.82, 2.24) is 9.80 Å². The Morgan fingerprint density at radius 3 is 1.97 bits per heavy atom. The Bertz CT molecular complexity index is 1140. The fourth-order valence-corrected chi connectivity index (χ4v) is 5.81. The van der Waals surface area contributed by atoms with E-state index in [-0.39, 0.29) is 24.3 Å². The lowest BCUT2D eigenvalue weighted by Crippen LogP contribution is -2.53. The molecule has 0 spiro atoms. The maximum Gasteiger partial charge on any atom is 0.251 e. The second kappa shape index (κ2) is 9.82. The molecule has 0 aromatic heterocycles. The van der Waals surface area contributed by atoms with E-state index in [1.165, 1.54) is 16.0 Å². The van der Waals surface area contributed by atoms with Gasteiger partial charge < -0.3 is 0 Å². The van der Waals surface area contributed by atoms with Crippen LogP contribution in [0.1, 0.15) is 29.2 Å². The molecule has 1 atom stereocenters. The summed E-state index contributed by atoms with van der Waals surface area (Å²) >= 11 is 3.53. The van der Waals surface area contributed by atoms with Gasteiger partial charge in [0.25, 0.3) is 5.91 Å². The molecule has 2 saturated heterocycles. The normalized spacial score (nSPS) is 19.9. The van der Waals surface area contributed by atoms with Gasteiger partial charge in [-0.25, -0.2) is 4.90 Å². The van der Waals surface area contributed by atoms with Crippen LogP contribution in [0.2, 0.25) is 0 Å². The van der Waals surface area contributed by atoms with Crippen molar-refractivity contribution in [3.05, 3.63) is 100 Å². The van der Waals surface area contributed by atoms with Crippen LogP contribution in [-0.4, -0.2) is 53.8 Å². The van der Waals surface area contributed by atoms with Crippen LogP contribution < -0.4 is 4.90 Å². The summed E-state index contributed by atoms with van der Waals surface area (Å²) in [5, 5.41) is 0. The lowest BCUT2D eigenvalue weighted by atomic mass is 9.96. The van der Waals surface area contributed by atoms with E-state index in [2.05, 4.69) is 74.3 Å². The van der Waals surface area contributed by atoms with Crippen LogP contribution in [0, 0.1) is 6.92 Å². The lowest BCUT2D eigenvalue weighted by molar-refractivity contribution is -0.123. The molecule has 2 amide bonds. The summed E-state index contributed by atoms with van der Waals surface area (Å²) in [4.78, 5) is 32.2. The molecule has 34 heavy (non-hydrogen) atoms. The average molecular weight is 518 g/mol. The first-order valence-corrected chi connectivity index (χ1v) is 12.5. The highest BCUT2D eigenvalue weighted by Crippen LogP contribution is 2.34. The number of piperazine rings is 1. The van der Waals surface area contributed by atoms with Crippen molar-refractivity contribution in [2.45, 2.75) is 25.4 Å². The van der Waals surface area contributed by atoms with Gasteiger partial charge in [0, 0.05) is 30.7 Å². The van der Waals surface area contributed by atoms with Crippen molar-refractivity contribution in [2.75, 3.05) is 31.1 Å². The number of rotatable bonds is 5. The van der Waals surface area contributed by atoms with Gasteiger partial charge in [-0.15, -0.1) is 0 Å². The standard InChI is InChI=1S/C28H28BrN3O2/c1-20-12-13-24(23(29)18-20)32-26(33)19-25(28(32)34)30-14-16-31(17-15-30)27(21-8-4-2-5-9-21)22-10-6-3-7-11-22/h2-13,18,25,27H,14-17,19H2,1H3/t25-/m1/s1. The van der Waals surface area contributed by atoms with E-state index in [0.29, 0.717) is 5.69 Å². The maximum atomic E-state index is 13.3. The van der Waals surface area contributed by atoms with Gasteiger partial charge in [0.05, 0.1) is 24.2 Å². The van der Waals surface area contributed by atoms with E-state index in [1.54, 1.807) is 0 Å². The number of nitrogens with zero attached hydrogens (tertiary/aromatic N) is 3. The second-order valence-corrected chi connectivity index (χ2v) is 9.89. The van der Waals surface area contributed by atoms with Crippen LogP contribution in [-0.2, 0) is 9.59 Å². The molecule has 0 aliphatic carbocycles. The topological polar surface area (TPSA) is 43.9 Å². The quantitative estimate of drug-likeness (QED) is 0.456. The molecular weight excluding hydrogens is 490 g/mol. The Morgan fingerprint density at radius 2 is 1.41 bits per heavy atom. The average Bonchev–Trinajstić information content (AvgIpc) is 3.15. The summed E-state index contributed by atoms with van der Waals surface area (Å²) in [6.07, 6.45) is 0.236. The summed E-state index contributed by atoms with van der Waals surface area (Å²) < 4.78 is 0.772. The molecule has 3 aromatic rings. The van der Waals surface area contributed by atoms with Gasteiger partial charge in [-0.1, -0.05) is 66.7 Å². The Morgan fingerprint density at radius 1 is 0.824 bits per heavy atom.